The Balaban J connectivity index is 1.28. The highest BCUT2D eigenvalue weighted by Gasteiger charge is 2.16. The molecule has 0 aliphatic rings. The van der Waals surface area contributed by atoms with Crippen molar-refractivity contribution in [2.45, 2.75) is 41.5 Å². The minimum absolute atomic E-state index is 1.12. The summed E-state index contributed by atoms with van der Waals surface area (Å²) in [5.41, 5.74) is 20.7. The van der Waals surface area contributed by atoms with E-state index < -0.39 is 0 Å². The molecule has 53 heavy (non-hydrogen) atoms. The minimum Gasteiger partial charge on any atom is -0.310 e. The molecule has 0 fully saturated rings. The van der Waals surface area contributed by atoms with Crippen LogP contribution in [0.5, 0.6) is 0 Å². The first kappa shape index (κ1) is 35.2. The molecule has 0 aromatic heterocycles. The lowest BCUT2D eigenvalue weighted by Crippen LogP contribution is -2.11. The van der Waals surface area contributed by atoms with Gasteiger partial charge in [-0.25, -0.2) is 0 Å². The van der Waals surface area contributed by atoms with Gasteiger partial charge in [0.2, 0.25) is 0 Å². The van der Waals surface area contributed by atoms with E-state index in [4.69, 9.17) is 0 Å². The molecular weight excluding hydrogens is 639 g/mol. The highest BCUT2D eigenvalue weighted by Crippen LogP contribution is 2.38. The molecule has 0 aliphatic heterocycles. The number of benzene rings is 7. The summed E-state index contributed by atoms with van der Waals surface area (Å²) in [6, 6.07) is 59.6. The van der Waals surface area contributed by atoms with Crippen LogP contribution in [0.15, 0.2) is 164 Å². The summed E-state index contributed by atoms with van der Waals surface area (Å²) in [5.74, 6) is 0. The maximum Gasteiger partial charge on any atom is 0.0490 e. The summed E-state index contributed by atoms with van der Waals surface area (Å²) < 4.78 is 0. The van der Waals surface area contributed by atoms with Gasteiger partial charge in [-0.3, -0.25) is 0 Å². The molecule has 1 nitrogen and oxygen atoms in total. The van der Waals surface area contributed by atoms with Crippen molar-refractivity contribution in [2.75, 3.05) is 4.90 Å². The molecule has 0 aliphatic carbocycles. The summed E-state index contributed by atoms with van der Waals surface area (Å²) in [5, 5.41) is 0. The molecule has 0 spiro atoms. The molecule has 260 valence electrons. The average Bonchev–Trinajstić information content (AvgIpc) is 3.18. The smallest absolute Gasteiger partial charge is 0.0490 e. The van der Waals surface area contributed by atoms with Crippen LogP contribution in [0.1, 0.15) is 66.8 Å². The maximum atomic E-state index is 2.37. The number of rotatable bonds is 9. The van der Waals surface area contributed by atoms with Crippen LogP contribution in [0, 0.1) is 41.5 Å². The van der Waals surface area contributed by atoms with Crippen LogP contribution in [0.4, 0.5) is 17.1 Å². The lowest BCUT2D eigenvalue weighted by Gasteiger charge is -2.27. The van der Waals surface area contributed by atoms with Crippen molar-refractivity contribution in [3.8, 4) is 0 Å². The number of aryl methyl sites for hydroxylation is 6. The van der Waals surface area contributed by atoms with E-state index in [0.29, 0.717) is 0 Å². The number of anilines is 3. The zero-order chi connectivity index (χ0) is 36.9. The van der Waals surface area contributed by atoms with E-state index in [1.54, 1.807) is 0 Å². The van der Waals surface area contributed by atoms with Gasteiger partial charge in [0.25, 0.3) is 0 Å². The average molecular weight is 686 g/mol. The lowest BCUT2D eigenvalue weighted by atomic mass is 9.93. The minimum atomic E-state index is 1.12. The zero-order valence-corrected chi connectivity index (χ0v) is 31.7. The van der Waals surface area contributed by atoms with Crippen molar-refractivity contribution >= 4 is 40.4 Å². The second-order valence-corrected chi connectivity index (χ2v) is 14.3. The zero-order valence-electron chi connectivity index (χ0n) is 31.7. The Morgan fingerprint density at radius 3 is 1.19 bits per heavy atom. The van der Waals surface area contributed by atoms with Gasteiger partial charge in [-0.2, -0.15) is 0 Å². The normalized spacial score (nSPS) is 11.8. The second-order valence-electron chi connectivity index (χ2n) is 14.3. The van der Waals surface area contributed by atoms with Gasteiger partial charge >= 0.3 is 0 Å². The largest absolute Gasteiger partial charge is 0.310 e. The Bertz CT molecular complexity index is 2260. The van der Waals surface area contributed by atoms with Crippen molar-refractivity contribution in [3.05, 3.63) is 231 Å². The third-order valence-corrected chi connectivity index (χ3v) is 10.3. The van der Waals surface area contributed by atoms with Crippen molar-refractivity contribution in [1.82, 2.24) is 0 Å². The third kappa shape index (κ3) is 8.01. The van der Waals surface area contributed by atoms with E-state index in [9.17, 15) is 0 Å². The number of nitrogens with zero attached hydrogens (tertiary/aromatic N) is 1. The van der Waals surface area contributed by atoms with Gasteiger partial charge in [-0.15, -0.1) is 0 Å². The molecular formula is C52H47N. The lowest BCUT2D eigenvalue weighted by molar-refractivity contribution is 1.24. The van der Waals surface area contributed by atoms with Crippen molar-refractivity contribution in [1.29, 1.82) is 0 Å². The summed E-state index contributed by atoms with van der Waals surface area (Å²) in [6.45, 7) is 13.1. The Morgan fingerprint density at radius 2 is 0.792 bits per heavy atom. The predicted octanol–water partition coefficient (Wildman–Crippen LogP) is 14.2. The molecule has 0 radical (unpaired) electrons. The highest BCUT2D eigenvalue weighted by molar-refractivity contribution is 5.93. The van der Waals surface area contributed by atoms with Crippen molar-refractivity contribution in [3.63, 3.8) is 0 Å². The topological polar surface area (TPSA) is 3.24 Å². The molecule has 7 rings (SSSR count). The molecule has 0 bridgehead atoms. The number of hydrogen-bond acceptors (Lipinski definition) is 1. The van der Waals surface area contributed by atoms with Gasteiger partial charge in [0, 0.05) is 17.1 Å². The monoisotopic (exact) mass is 685 g/mol. The van der Waals surface area contributed by atoms with Crippen LogP contribution < -0.4 is 4.90 Å². The van der Waals surface area contributed by atoms with E-state index in [0.717, 1.165) is 22.5 Å². The Morgan fingerprint density at radius 1 is 0.358 bits per heavy atom. The van der Waals surface area contributed by atoms with Gasteiger partial charge < -0.3 is 4.90 Å². The number of hydrogen-bond donors (Lipinski definition) is 0. The van der Waals surface area contributed by atoms with Gasteiger partial charge in [0.05, 0.1) is 0 Å². The summed E-state index contributed by atoms with van der Waals surface area (Å²) in [4.78, 5) is 2.37. The highest BCUT2D eigenvalue weighted by atomic mass is 15.1. The summed E-state index contributed by atoms with van der Waals surface area (Å²) in [7, 11) is 0. The maximum absolute atomic E-state index is 2.37. The van der Waals surface area contributed by atoms with Crippen molar-refractivity contribution < 1.29 is 0 Å². The van der Waals surface area contributed by atoms with Crippen LogP contribution in [-0.4, -0.2) is 0 Å². The fourth-order valence-electron chi connectivity index (χ4n) is 6.98. The fraction of sp³-hybridized carbons (Fsp3) is 0.115. The van der Waals surface area contributed by atoms with Crippen molar-refractivity contribution in [2.24, 2.45) is 0 Å². The molecule has 0 amide bonds. The van der Waals surface area contributed by atoms with Crippen LogP contribution in [0.3, 0.4) is 0 Å². The van der Waals surface area contributed by atoms with Gasteiger partial charge in [-0.05, 0) is 156 Å². The summed E-state index contributed by atoms with van der Waals surface area (Å²) in [6.07, 6.45) is 4.62. The molecule has 7 aromatic rings. The third-order valence-electron chi connectivity index (χ3n) is 10.3. The molecule has 1 heteroatoms. The Labute approximate surface area is 316 Å². The molecule has 0 saturated heterocycles. The van der Waals surface area contributed by atoms with Gasteiger partial charge in [-0.1, -0.05) is 139 Å². The first-order chi connectivity index (χ1) is 25.7. The van der Waals surface area contributed by atoms with Gasteiger partial charge in [0.15, 0.2) is 0 Å². The first-order valence-corrected chi connectivity index (χ1v) is 18.5. The van der Waals surface area contributed by atoms with E-state index in [-0.39, 0.29) is 0 Å². The molecule has 0 heterocycles. The van der Waals surface area contributed by atoms with Crippen LogP contribution in [-0.2, 0) is 0 Å². The molecule has 0 atom stereocenters. The molecule has 0 unspecified atom stereocenters. The van der Waals surface area contributed by atoms with E-state index >= 15 is 0 Å². The molecule has 7 aromatic carbocycles. The second kappa shape index (κ2) is 15.6. The van der Waals surface area contributed by atoms with Crippen LogP contribution in [0.2, 0.25) is 0 Å². The SMILES string of the molecule is Cc1ccc(N(c2ccc(C=C(c3ccccc3)c3ccc(C)c(C)c3)cc2)c2ccc(C=C(c3ccccc3)c3ccc(C)c(C)c3)cc2)c(C)c1. The van der Waals surface area contributed by atoms with Crippen LogP contribution >= 0.6 is 0 Å². The quantitative estimate of drug-likeness (QED) is 0.137. The molecule has 0 saturated carbocycles. The van der Waals surface area contributed by atoms with E-state index in [1.165, 1.54) is 72.5 Å². The Kier molecular flexibility index (Phi) is 10.4. The summed E-state index contributed by atoms with van der Waals surface area (Å²) >= 11 is 0. The van der Waals surface area contributed by atoms with E-state index in [2.05, 4.69) is 222 Å². The molecule has 0 N–H and O–H groups in total. The van der Waals surface area contributed by atoms with Gasteiger partial charge in [0.1, 0.15) is 0 Å². The standard InChI is InChI=1S/C52H47N/c1-36-17-30-52(41(6)31-36)53(48-26-20-42(21-27-48)34-50(44-13-9-7-10-14-44)46-24-18-37(2)39(4)32-46)49-28-22-43(23-29-49)35-51(45-15-11-8-12-16-45)47-25-19-38(3)40(5)33-47/h7-35H,1-6H3. The Hall–Kier alpha value is -6.18. The fourth-order valence-corrected chi connectivity index (χ4v) is 6.98. The first-order valence-electron chi connectivity index (χ1n) is 18.5. The predicted molar refractivity (Wildman–Crippen MR) is 229 cm³/mol. The van der Waals surface area contributed by atoms with Crippen LogP contribution in [0.25, 0.3) is 23.3 Å². The van der Waals surface area contributed by atoms with E-state index in [1.807, 2.05) is 0 Å².